The first-order chi connectivity index (χ1) is 16.8. The molecule has 0 radical (unpaired) electrons. The number of amides is 1. The van der Waals surface area contributed by atoms with Crippen molar-refractivity contribution in [3.05, 3.63) is 70.9 Å². The van der Waals surface area contributed by atoms with E-state index >= 15 is 0 Å². The topological polar surface area (TPSA) is 83.5 Å². The molecule has 1 aromatic carbocycles. The van der Waals surface area contributed by atoms with Gasteiger partial charge in [0.15, 0.2) is 5.13 Å². The van der Waals surface area contributed by atoms with Crippen molar-refractivity contribution in [2.75, 3.05) is 18.0 Å². The standard InChI is InChI=1S/C25H26N4O3S3/c1-17-10-11-21-23(18(17)2)27-25(34-21)29(16-20-8-3-4-12-26-20)24(30)19-7-5-13-28(15-19)35(31,32)22-9-6-14-33-22/h3-4,6,8-12,14,19H,5,7,13,15-16H2,1-2H3. The van der Waals surface area contributed by atoms with Crippen LogP contribution in [0.4, 0.5) is 5.13 Å². The molecular formula is C25H26N4O3S3. The number of carbonyl (C=O) groups excluding carboxylic acids is 1. The predicted octanol–water partition coefficient (Wildman–Crippen LogP) is 5.00. The number of aryl methyl sites for hydroxylation is 2. The Morgan fingerprint density at radius 3 is 2.77 bits per heavy atom. The zero-order valence-corrected chi connectivity index (χ0v) is 22.0. The van der Waals surface area contributed by atoms with E-state index in [0.29, 0.717) is 28.7 Å². The van der Waals surface area contributed by atoms with E-state index in [1.54, 1.807) is 28.6 Å². The molecule has 182 valence electrons. The van der Waals surface area contributed by atoms with Gasteiger partial charge in [0.05, 0.1) is 28.4 Å². The molecule has 1 atom stereocenters. The number of thiophene rings is 1. The molecule has 0 spiro atoms. The van der Waals surface area contributed by atoms with Crippen LogP contribution in [0.15, 0.2) is 58.3 Å². The van der Waals surface area contributed by atoms with Gasteiger partial charge in [-0.25, -0.2) is 13.4 Å². The summed E-state index contributed by atoms with van der Waals surface area (Å²) in [5.74, 6) is -0.563. The third kappa shape index (κ3) is 4.75. The van der Waals surface area contributed by atoms with Crippen molar-refractivity contribution >= 4 is 54.0 Å². The van der Waals surface area contributed by atoms with Crippen molar-refractivity contribution in [2.24, 2.45) is 5.92 Å². The van der Waals surface area contributed by atoms with Gasteiger partial charge in [0.25, 0.3) is 10.0 Å². The second-order valence-corrected chi connectivity index (χ2v) is 12.9. The molecule has 0 saturated carbocycles. The molecule has 4 aromatic rings. The lowest BCUT2D eigenvalue weighted by molar-refractivity contribution is -0.123. The van der Waals surface area contributed by atoms with Gasteiger partial charge in [-0.2, -0.15) is 4.31 Å². The van der Waals surface area contributed by atoms with Crippen molar-refractivity contribution in [3.8, 4) is 0 Å². The number of nitrogens with zero attached hydrogens (tertiary/aromatic N) is 4. The number of fused-ring (bicyclic) bond motifs is 1. The molecule has 7 nitrogen and oxygen atoms in total. The summed E-state index contributed by atoms with van der Waals surface area (Å²) in [6.07, 6.45) is 2.98. The highest BCUT2D eigenvalue weighted by Gasteiger charge is 2.36. The number of pyridine rings is 1. The molecule has 0 bridgehead atoms. The second kappa shape index (κ2) is 9.77. The fourth-order valence-corrected chi connectivity index (χ4v) is 8.04. The van der Waals surface area contributed by atoms with Crippen LogP contribution in [0.3, 0.4) is 0 Å². The molecule has 10 heteroatoms. The zero-order chi connectivity index (χ0) is 24.6. The maximum absolute atomic E-state index is 13.9. The number of sulfonamides is 1. The first-order valence-corrected chi connectivity index (χ1v) is 14.6. The summed E-state index contributed by atoms with van der Waals surface area (Å²) in [4.78, 5) is 24.9. The predicted molar refractivity (Wildman–Crippen MR) is 140 cm³/mol. The van der Waals surface area contributed by atoms with E-state index in [0.717, 1.165) is 27.0 Å². The van der Waals surface area contributed by atoms with Gasteiger partial charge >= 0.3 is 0 Å². The van der Waals surface area contributed by atoms with Gasteiger partial charge in [-0.3, -0.25) is 14.7 Å². The van der Waals surface area contributed by atoms with Gasteiger partial charge in [-0.15, -0.1) is 11.3 Å². The lowest BCUT2D eigenvalue weighted by Crippen LogP contribution is -2.46. The summed E-state index contributed by atoms with van der Waals surface area (Å²) in [6.45, 7) is 4.96. The molecule has 1 amide bonds. The SMILES string of the molecule is Cc1ccc2sc(N(Cc3ccccn3)C(=O)C3CCCN(S(=O)(=O)c4cccs4)C3)nc2c1C. The minimum absolute atomic E-state index is 0.116. The lowest BCUT2D eigenvalue weighted by Gasteiger charge is -2.33. The number of thiazole rings is 1. The first-order valence-electron chi connectivity index (χ1n) is 11.5. The van der Waals surface area contributed by atoms with Crippen molar-refractivity contribution in [2.45, 2.75) is 37.4 Å². The molecule has 1 aliphatic heterocycles. The summed E-state index contributed by atoms with van der Waals surface area (Å²) < 4.78 is 29.0. The van der Waals surface area contributed by atoms with Crippen LogP contribution >= 0.6 is 22.7 Å². The number of anilines is 1. The molecule has 4 heterocycles. The Kier molecular flexibility index (Phi) is 6.71. The number of hydrogen-bond donors (Lipinski definition) is 0. The number of benzene rings is 1. The highest BCUT2D eigenvalue weighted by atomic mass is 32.2. The molecular weight excluding hydrogens is 501 g/mol. The van der Waals surface area contributed by atoms with Gasteiger partial charge in [0.1, 0.15) is 4.21 Å². The van der Waals surface area contributed by atoms with Gasteiger partial charge in [0.2, 0.25) is 5.91 Å². The molecule has 0 N–H and O–H groups in total. The van der Waals surface area contributed by atoms with E-state index in [4.69, 9.17) is 4.98 Å². The van der Waals surface area contributed by atoms with Crippen molar-refractivity contribution in [1.82, 2.24) is 14.3 Å². The average molecular weight is 527 g/mol. The van der Waals surface area contributed by atoms with Crippen molar-refractivity contribution in [3.63, 3.8) is 0 Å². The summed E-state index contributed by atoms with van der Waals surface area (Å²) in [5, 5.41) is 2.37. The van der Waals surface area contributed by atoms with Crippen molar-refractivity contribution in [1.29, 1.82) is 0 Å². The van der Waals surface area contributed by atoms with Crippen LogP contribution in [0, 0.1) is 19.8 Å². The Balaban J connectivity index is 1.48. The third-order valence-electron chi connectivity index (χ3n) is 6.44. The molecule has 5 rings (SSSR count). The number of rotatable bonds is 6. The largest absolute Gasteiger partial charge is 0.282 e. The smallest absolute Gasteiger partial charge is 0.252 e. The number of aromatic nitrogens is 2. The lowest BCUT2D eigenvalue weighted by atomic mass is 9.98. The minimum atomic E-state index is -3.61. The summed E-state index contributed by atoms with van der Waals surface area (Å²) in [6, 6.07) is 13.1. The molecule has 1 aliphatic rings. The fourth-order valence-electron chi connectivity index (χ4n) is 4.34. The summed E-state index contributed by atoms with van der Waals surface area (Å²) >= 11 is 2.68. The van der Waals surface area contributed by atoms with Gasteiger partial charge in [-0.05, 0) is 67.5 Å². The van der Waals surface area contributed by atoms with Crippen LogP contribution in [0.2, 0.25) is 0 Å². The number of carbonyl (C=O) groups is 1. The Labute approximate surface area is 213 Å². The van der Waals surface area contributed by atoms with Crippen molar-refractivity contribution < 1.29 is 13.2 Å². The first kappa shape index (κ1) is 24.1. The summed E-state index contributed by atoms with van der Waals surface area (Å²) in [5.41, 5.74) is 3.90. The Morgan fingerprint density at radius 2 is 2.03 bits per heavy atom. The van der Waals surface area contributed by atoms with Crippen LogP contribution in [0.1, 0.15) is 29.7 Å². The van der Waals surface area contributed by atoms with Crippen LogP contribution in [-0.4, -0.2) is 41.7 Å². The second-order valence-electron chi connectivity index (χ2n) is 8.73. The van der Waals surface area contributed by atoms with Crippen LogP contribution in [-0.2, 0) is 21.4 Å². The van der Waals surface area contributed by atoms with E-state index in [2.05, 4.69) is 18.0 Å². The monoisotopic (exact) mass is 526 g/mol. The van der Waals surface area contributed by atoms with Crippen LogP contribution in [0.25, 0.3) is 10.2 Å². The zero-order valence-electron chi connectivity index (χ0n) is 19.5. The molecule has 0 aliphatic carbocycles. The Morgan fingerprint density at radius 1 is 1.17 bits per heavy atom. The highest BCUT2D eigenvalue weighted by Crippen LogP contribution is 2.35. The minimum Gasteiger partial charge on any atom is -0.282 e. The van der Waals surface area contributed by atoms with Gasteiger partial charge in [-0.1, -0.05) is 29.5 Å². The highest BCUT2D eigenvalue weighted by molar-refractivity contribution is 7.91. The average Bonchev–Trinajstić information content (AvgIpc) is 3.56. The number of hydrogen-bond acceptors (Lipinski definition) is 7. The van der Waals surface area contributed by atoms with Crippen LogP contribution < -0.4 is 4.90 Å². The quantitative estimate of drug-likeness (QED) is 0.353. The van der Waals surface area contributed by atoms with E-state index in [1.807, 2.05) is 31.2 Å². The maximum Gasteiger partial charge on any atom is 0.252 e. The summed E-state index contributed by atoms with van der Waals surface area (Å²) in [7, 11) is -3.61. The fraction of sp³-hybridized carbons (Fsp3) is 0.320. The van der Waals surface area contributed by atoms with E-state index < -0.39 is 15.9 Å². The normalized spacial score (nSPS) is 17.0. The molecule has 1 saturated heterocycles. The van der Waals surface area contributed by atoms with Crippen LogP contribution in [0.5, 0.6) is 0 Å². The van der Waals surface area contributed by atoms with E-state index in [-0.39, 0.29) is 19.0 Å². The molecule has 1 fully saturated rings. The number of piperidine rings is 1. The van der Waals surface area contributed by atoms with Gasteiger partial charge in [0, 0.05) is 19.3 Å². The maximum atomic E-state index is 13.9. The molecule has 1 unspecified atom stereocenters. The van der Waals surface area contributed by atoms with E-state index in [9.17, 15) is 13.2 Å². The van der Waals surface area contributed by atoms with Gasteiger partial charge < -0.3 is 0 Å². The third-order valence-corrected chi connectivity index (χ3v) is 10.7. The molecule has 3 aromatic heterocycles. The molecule has 35 heavy (non-hydrogen) atoms. The van der Waals surface area contributed by atoms with E-state index in [1.165, 1.54) is 27.0 Å². The Hall–Kier alpha value is -2.66. The Bertz CT molecular complexity index is 1450.